The summed E-state index contributed by atoms with van der Waals surface area (Å²) in [7, 11) is 0. The molecule has 0 aromatic rings. The van der Waals surface area contributed by atoms with E-state index >= 15 is 0 Å². The van der Waals surface area contributed by atoms with E-state index in [-0.39, 0.29) is 12.5 Å². The molecule has 4 heteroatoms. The summed E-state index contributed by atoms with van der Waals surface area (Å²) in [6, 6.07) is 0.349. The molecule has 4 nitrogen and oxygen atoms in total. The van der Waals surface area contributed by atoms with Gasteiger partial charge < -0.3 is 15.7 Å². The highest BCUT2D eigenvalue weighted by Crippen LogP contribution is 2.33. The highest BCUT2D eigenvalue weighted by Gasteiger charge is 2.42. The van der Waals surface area contributed by atoms with Gasteiger partial charge in [-0.1, -0.05) is 19.3 Å². The first-order valence-corrected chi connectivity index (χ1v) is 6.38. The third kappa shape index (κ3) is 2.38. The van der Waals surface area contributed by atoms with Crippen LogP contribution in [0.1, 0.15) is 44.9 Å². The Hall–Kier alpha value is -0.610. The zero-order valence-corrected chi connectivity index (χ0v) is 9.82. The van der Waals surface area contributed by atoms with E-state index in [1.165, 1.54) is 6.42 Å². The van der Waals surface area contributed by atoms with Crippen LogP contribution in [0.4, 0.5) is 0 Å². The van der Waals surface area contributed by atoms with E-state index in [0.29, 0.717) is 12.6 Å². The van der Waals surface area contributed by atoms with Gasteiger partial charge in [0, 0.05) is 12.6 Å². The topological polar surface area (TPSA) is 66.6 Å². The molecule has 2 fully saturated rings. The number of hydrogen-bond donors (Lipinski definition) is 2. The average molecular weight is 226 g/mol. The zero-order chi connectivity index (χ0) is 11.6. The first-order chi connectivity index (χ1) is 7.67. The second kappa shape index (κ2) is 4.72. The maximum Gasteiger partial charge on any atom is 0.242 e. The van der Waals surface area contributed by atoms with Crippen molar-refractivity contribution in [2.45, 2.75) is 56.5 Å². The van der Waals surface area contributed by atoms with Gasteiger partial charge in [0.25, 0.3) is 0 Å². The zero-order valence-electron chi connectivity index (χ0n) is 9.82. The molecule has 3 N–H and O–H groups in total. The predicted molar refractivity (Wildman–Crippen MR) is 61.8 cm³/mol. The number of rotatable bonds is 4. The lowest BCUT2D eigenvalue weighted by Crippen LogP contribution is -2.57. The van der Waals surface area contributed by atoms with E-state index in [4.69, 9.17) is 10.8 Å². The molecule has 0 saturated heterocycles. The average Bonchev–Trinajstić information content (AvgIpc) is 3.10. The fourth-order valence-electron chi connectivity index (χ4n) is 2.63. The number of aliphatic hydroxyl groups excluding tert-OH is 1. The number of carbonyl (C=O) groups is 1. The monoisotopic (exact) mass is 226 g/mol. The largest absolute Gasteiger partial charge is 0.395 e. The lowest BCUT2D eigenvalue weighted by Gasteiger charge is -2.36. The van der Waals surface area contributed by atoms with Gasteiger partial charge in [0.2, 0.25) is 5.91 Å². The Kier molecular flexibility index (Phi) is 3.50. The van der Waals surface area contributed by atoms with Gasteiger partial charge in [0.15, 0.2) is 0 Å². The third-order valence-electron chi connectivity index (χ3n) is 3.76. The SMILES string of the molecule is NC1(C(=O)N(CCO)C2CC2)CCCCC1. The van der Waals surface area contributed by atoms with Gasteiger partial charge in [-0.25, -0.2) is 0 Å². The Morgan fingerprint density at radius 2 is 1.94 bits per heavy atom. The van der Waals surface area contributed by atoms with Crippen LogP contribution in [0.5, 0.6) is 0 Å². The molecule has 0 atom stereocenters. The molecule has 2 saturated carbocycles. The van der Waals surface area contributed by atoms with Gasteiger partial charge in [0.05, 0.1) is 12.1 Å². The third-order valence-corrected chi connectivity index (χ3v) is 3.76. The molecule has 0 bridgehead atoms. The lowest BCUT2D eigenvalue weighted by molar-refractivity contribution is -0.139. The highest BCUT2D eigenvalue weighted by atomic mass is 16.3. The highest BCUT2D eigenvalue weighted by molar-refractivity contribution is 5.86. The minimum Gasteiger partial charge on any atom is -0.395 e. The van der Waals surface area contributed by atoms with Gasteiger partial charge in [-0.15, -0.1) is 0 Å². The van der Waals surface area contributed by atoms with Gasteiger partial charge in [0.1, 0.15) is 0 Å². The summed E-state index contributed by atoms with van der Waals surface area (Å²) in [5.41, 5.74) is 5.58. The smallest absolute Gasteiger partial charge is 0.242 e. The summed E-state index contributed by atoms with van der Waals surface area (Å²) in [6.45, 7) is 0.487. The van der Waals surface area contributed by atoms with Crippen molar-refractivity contribution < 1.29 is 9.90 Å². The fourth-order valence-corrected chi connectivity index (χ4v) is 2.63. The number of amides is 1. The Labute approximate surface area is 96.8 Å². The second-order valence-corrected chi connectivity index (χ2v) is 5.17. The molecule has 92 valence electrons. The van der Waals surface area contributed by atoms with Crippen LogP contribution in [0.2, 0.25) is 0 Å². The summed E-state index contributed by atoms with van der Waals surface area (Å²) in [6.07, 6.45) is 7.06. The van der Waals surface area contributed by atoms with Crippen LogP contribution in [-0.2, 0) is 4.79 Å². The minimum atomic E-state index is -0.643. The van der Waals surface area contributed by atoms with Crippen molar-refractivity contribution in [2.75, 3.05) is 13.2 Å². The van der Waals surface area contributed by atoms with E-state index < -0.39 is 5.54 Å². The van der Waals surface area contributed by atoms with Crippen molar-refractivity contribution in [3.8, 4) is 0 Å². The van der Waals surface area contributed by atoms with E-state index in [9.17, 15) is 4.79 Å². The molecular weight excluding hydrogens is 204 g/mol. The molecule has 2 aliphatic rings. The Bertz CT molecular complexity index is 258. The maximum atomic E-state index is 12.4. The fraction of sp³-hybridized carbons (Fsp3) is 0.917. The van der Waals surface area contributed by atoms with Crippen molar-refractivity contribution in [1.29, 1.82) is 0 Å². The van der Waals surface area contributed by atoms with Crippen molar-refractivity contribution in [2.24, 2.45) is 5.73 Å². The number of hydrogen-bond acceptors (Lipinski definition) is 3. The van der Waals surface area contributed by atoms with Crippen molar-refractivity contribution in [3.05, 3.63) is 0 Å². The number of nitrogens with two attached hydrogens (primary N) is 1. The molecule has 16 heavy (non-hydrogen) atoms. The van der Waals surface area contributed by atoms with Crippen LogP contribution in [0.3, 0.4) is 0 Å². The molecule has 1 amide bonds. The summed E-state index contributed by atoms with van der Waals surface area (Å²) < 4.78 is 0. The van der Waals surface area contributed by atoms with E-state index in [0.717, 1.165) is 38.5 Å². The predicted octanol–water partition coefficient (Wildman–Crippen LogP) is 0.631. The molecule has 0 aliphatic heterocycles. The molecule has 0 heterocycles. The summed E-state index contributed by atoms with van der Waals surface area (Å²) >= 11 is 0. The minimum absolute atomic E-state index is 0.0400. The van der Waals surface area contributed by atoms with Gasteiger partial charge in [-0.3, -0.25) is 4.79 Å². The van der Waals surface area contributed by atoms with Crippen LogP contribution in [0.25, 0.3) is 0 Å². The second-order valence-electron chi connectivity index (χ2n) is 5.17. The van der Waals surface area contributed by atoms with Crippen molar-refractivity contribution in [1.82, 2.24) is 4.90 Å². The van der Waals surface area contributed by atoms with Crippen LogP contribution < -0.4 is 5.73 Å². The van der Waals surface area contributed by atoms with Crippen LogP contribution in [0, 0.1) is 0 Å². The Morgan fingerprint density at radius 3 is 2.44 bits per heavy atom. The van der Waals surface area contributed by atoms with Gasteiger partial charge in [-0.05, 0) is 25.7 Å². The van der Waals surface area contributed by atoms with Crippen molar-refractivity contribution in [3.63, 3.8) is 0 Å². The van der Waals surface area contributed by atoms with E-state index in [1.54, 1.807) is 0 Å². The molecule has 0 aromatic heterocycles. The van der Waals surface area contributed by atoms with Crippen LogP contribution >= 0.6 is 0 Å². The molecule has 2 rings (SSSR count). The summed E-state index contributed by atoms with van der Waals surface area (Å²) in [4.78, 5) is 14.2. The van der Waals surface area contributed by atoms with Gasteiger partial charge in [-0.2, -0.15) is 0 Å². The standard InChI is InChI=1S/C12H22N2O2/c13-12(6-2-1-3-7-12)11(16)14(8-9-15)10-4-5-10/h10,15H,1-9,13H2. The normalized spacial score (nSPS) is 24.1. The van der Waals surface area contributed by atoms with Crippen LogP contribution in [-0.4, -0.2) is 40.6 Å². The number of carbonyl (C=O) groups excluding carboxylic acids is 1. The number of aliphatic hydroxyl groups is 1. The van der Waals surface area contributed by atoms with E-state index in [1.807, 2.05) is 4.90 Å². The molecule has 0 unspecified atom stereocenters. The molecule has 0 radical (unpaired) electrons. The van der Waals surface area contributed by atoms with Gasteiger partial charge >= 0.3 is 0 Å². The molecular formula is C12H22N2O2. The first-order valence-electron chi connectivity index (χ1n) is 6.38. The van der Waals surface area contributed by atoms with E-state index in [2.05, 4.69) is 0 Å². The van der Waals surface area contributed by atoms with Crippen LogP contribution in [0.15, 0.2) is 0 Å². The lowest BCUT2D eigenvalue weighted by atomic mass is 9.81. The quantitative estimate of drug-likeness (QED) is 0.739. The maximum absolute atomic E-state index is 12.4. The molecule has 0 spiro atoms. The summed E-state index contributed by atoms with van der Waals surface area (Å²) in [5, 5.41) is 9.01. The summed E-state index contributed by atoms with van der Waals surface area (Å²) in [5.74, 6) is 0.0729. The van der Waals surface area contributed by atoms with Crippen molar-refractivity contribution >= 4 is 5.91 Å². The number of nitrogens with zero attached hydrogens (tertiary/aromatic N) is 1. The molecule has 0 aromatic carbocycles. The Balaban J connectivity index is 2.02. The Morgan fingerprint density at radius 1 is 1.31 bits per heavy atom. The molecule has 2 aliphatic carbocycles. The first kappa shape index (κ1) is 11.9.